The summed E-state index contributed by atoms with van der Waals surface area (Å²) in [6.07, 6.45) is 0. The van der Waals surface area contributed by atoms with E-state index < -0.39 is 10.4 Å². The summed E-state index contributed by atoms with van der Waals surface area (Å²) in [6, 6.07) is 0. The SMILES string of the molecule is NCCOCCOCCOCCOCCOS(=O)(=O)O. The van der Waals surface area contributed by atoms with Crippen molar-refractivity contribution in [3.63, 3.8) is 0 Å². The third-order valence-corrected chi connectivity index (χ3v) is 2.30. The Kier molecular flexibility index (Phi) is 13.4. The molecule has 0 aromatic rings. The molecule has 0 rings (SSSR count). The lowest BCUT2D eigenvalue weighted by molar-refractivity contribution is -0.00398. The average Bonchev–Trinajstić information content (AvgIpc) is 2.38. The molecule has 0 heterocycles. The van der Waals surface area contributed by atoms with Gasteiger partial charge >= 0.3 is 10.4 Å². The molecule has 0 aromatic heterocycles. The van der Waals surface area contributed by atoms with E-state index in [0.29, 0.717) is 52.8 Å². The van der Waals surface area contributed by atoms with Gasteiger partial charge in [0.1, 0.15) is 0 Å². The van der Waals surface area contributed by atoms with Crippen LogP contribution in [0.2, 0.25) is 0 Å². The molecular weight excluding hydrogens is 294 g/mol. The predicted molar refractivity (Wildman–Crippen MR) is 69.8 cm³/mol. The summed E-state index contributed by atoms with van der Waals surface area (Å²) in [5.74, 6) is 0. The maximum Gasteiger partial charge on any atom is 0.397 e. The molecule has 0 saturated heterocycles. The third kappa shape index (κ3) is 17.7. The maximum atomic E-state index is 10.2. The first-order valence-electron chi connectivity index (χ1n) is 6.19. The van der Waals surface area contributed by atoms with Crippen LogP contribution in [0.1, 0.15) is 0 Å². The summed E-state index contributed by atoms with van der Waals surface area (Å²) in [4.78, 5) is 0. The van der Waals surface area contributed by atoms with E-state index in [-0.39, 0.29) is 13.2 Å². The van der Waals surface area contributed by atoms with Crippen molar-refractivity contribution in [2.45, 2.75) is 0 Å². The number of hydrogen-bond donors (Lipinski definition) is 2. The maximum absolute atomic E-state index is 10.2. The molecule has 0 aliphatic rings. The van der Waals surface area contributed by atoms with Crippen molar-refractivity contribution in [3.8, 4) is 0 Å². The summed E-state index contributed by atoms with van der Waals surface area (Å²) in [6.45, 7) is 3.40. The fourth-order valence-electron chi connectivity index (χ4n) is 1.04. The standard InChI is InChI=1S/C10H23NO8S/c11-1-2-15-3-4-16-5-6-17-7-8-18-9-10-19-20(12,13)14/h1-11H2,(H,12,13,14). The van der Waals surface area contributed by atoms with Crippen molar-refractivity contribution >= 4 is 10.4 Å². The molecule has 0 saturated carbocycles. The minimum Gasteiger partial charge on any atom is -0.378 e. The van der Waals surface area contributed by atoms with Crippen LogP contribution in [0.25, 0.3) is 0 Å². The zero-order valence-corrected chi connectivity index (χ0v) is 12.2. The molecule has 0 aromatic carbocycles. The molecule has 9 nitrogen and oxygen atoms in total. The summed E-state index contributed by atoms with van der Waals surface area (Å²) in [7, 11) is -4.39. The molecule has 0 aliphatic heterocycles. The van der Waals surface area contributed by atoms with Gasteiger partial charge in [0.05, 0.1) is 59.5 Å². The largest absolute Gasteiger partial charge is 0.397 e. The zero-order valence-electron chi connectivity index (χ0n) is 11.4. The van der Waals surface area contributed by atoms with E-state index in [1.807, 2.05) is 0 Å². The van der Waals surface area contributed by atoms with Crippen LogP contribution in [0.5, 0.6) is 0 Å². The highest BCUT2D eigenvalue weighted by atomic mass is 32.3. The first kappa shape index (κ1) is 19.7. The fraction of sp³-hybridized carbons (Fsp3) is 1.00. The molecular formula is C10H23NO8S. The van der Waals surface area contributed by atoms with Crippen molar-refractivity contribution in [1.82, 2.24) is 0 Å². The Bertz CT molecular complexity index is 298. The Morgan fingerprint density at radius 1 is 0.700 bits per heavy atom. The second-order valence-electron chi connectivity index (χ2n) is 3.49. The van der Waals surface area contributed by atoms with Gasteiger partial charge in [-0.05, 0) is 0 Å². The molecule has 0 aliphatic carbocycles. The Morgan fingerprint density at radius 2 is 1.05 bits per heavy atom. The monoisotopic (exact) mass is 317 g/mol. The molecule has 3 N–H and O–H groups in total. The van der Waals surface area contributed by atoms with Gasteiger partial charge in [-0.25, -0.2) is 4.18 Å². The van der Waals surface area contributed by atoms with Gasteiger partial charge in [0, 0.05) is 6.54 Å². The normalized spacial score (nSPS) is 11.9. The van der Waals surface area contributed by atoms with Crippen molar-refractivity contribution in [2.24, 2.45) is 5.73 Å². The lowest BCUT2D eigenvalue weighted by Crippen LogP contribution is -2.15. The molecule has 0 spiro atoms. The minimum absolute atomic E-state index is 0.0537. The number of ether oxygens (including phenoxy) is 4. The molecule has 0 atom stereocenters. The van der Waals surface area contributed by atoms with Crippen molar-refractivity contribution in [2.75, 3.05) is 66.0 Å². The Hall–Kier alpha value is -0.330. The lowest BCUT2D eigenvalue weighted by atomic mass is 10.7. The third-order valence-electron chi connectivity index (χ3n) is 1.84. The van der Waals surface area contributed by atoms with Crippen LogP contribution in [-0.2, 0) is 33.5 Å². The molecule has 0 fully saturated rings. The average molecular weight is 317 g/mol. The summed E-state index contributed by atoms with van der Waals surface area (Å²) in [5, 5.41) is 0. The minimum atomic E-state index is -4.39. The van der Waals surface area contributed by atoms with Gasteiger partial charge in [-0.15, -0.1) is 0 Å². The molecule has 0 amide bonds. The first-order chi connectivity index (χ1) is 9.56. The summed E-state index contributed by atoms with van der Waals surface area (Å²) < 4.78 is 53.2. The van der Waals surface area contributed by atoms with Crippen LogP contribution in [0.15, 0.2) is 0 Å². The number of nitrogens with two attached hydrogens (primary N) is 1. The van der Waals surface area contributed by atoms with Gasteiger partial charge in [-0.1, -0.05) is 0 Å². The van der Waals surface area contributed by atoms with Gasteiger partial charge < -0.3 is 24.7 Å². The molecule has 20 heavy (non-hydrogen) atoms. The van der Waals surface area contributed by atoms with Gasteiger partial charge in [-0.3, -0.25) is 4.55 Å². The molecule has 10 heteroatoms. The van der Waals surface area contributed by atoms with Crippen LogP contribution in [-0.4, -0.2) is 79.0 Å². The topological polar surface area (TPSA) is 127 Å². The smallest absolute Gasteiger partial charge is 0.378 e. The highest BCUT2D eigenvalue weighted by molar-refractivity contribution is 7.80. The van der Waals surface area contributed by atoms with E-state index in [9.17, 15) is 8.42 Å². The van der Waals surface area contributed by atoms with Crippen LogP contribution >= 0.6 is 0 Å². The molecule has 0 bridgehead atoms. The quantitative estimate of drug-likeness (QED) is 0.284. The number of rotatable bonds is 15. The van der Waals surface area contributed by atoms with E-state index in [0.717, 1.165) is 0 Å². The van der Waals surface area contributed by atoms with Crippen LogP contribution in [0.4, 0.5) is 0 Å². The van der Waals surface area contributed by atoms with Gasteiger partial charge in [0.2, 0.25) is 0 Å². The molecule has 0 radical (unpaired) electrons. The van der Waals surface area contributed by atoms with E-state index >= 15 is 0 Å². The van der Waals surface area contributed by atoms with Crippen LogP contribution < -0.4 is 5.73 Å². The second kappa shape index (κ2) is 13.6. The van der Waals surface area contributed by atoms with Crippen LogP contribution in [0, 0.1) is 0 Å². The van der Waals surface area contributed by atoms with Crippen LogP contribution in [0.3, 0.4) is 0 Å². The summed E-state index contributed by atoms with van der Waals surface area (Å²) in [5.41, 5.74) is 5.24. The highest BCUT2D eigenvalue weighted by Crippen LogP contribution is 1.87. The summed E-state index contributed by atoms with van der Waals surface area (Å²) >= 11 is 0. The van der Waals surface area contributed by atoms with Crippen molar-refractivity contribution < 1.29 is 36.1 Å². The molecule has 122 valence electrons. The van der Waals surface area contributed by atoms with Gasteiger partial charge in [0.25, 0.3) is 0 Å². The Morgan fingerprint density at radius 3 is 1.40 bits per heavy atom. The first-order valence-corrected chi connectivity index (χ1v) is 7.55. The second-order valence-corrected chi connectivity index (χ2v) is 4.58. The molecule has 0 unspecified atom stereocenters. The van der Waals surface area contributed by atoms with Crippen molar-refractivity contribution in [1.29, 1.82) is 0 Å². The lowest BCUT2D eigenvalue weighted by Gasteiger charge is -2.07. The van der Waals surface area contributed by atoms with E-state index in [4.69, 9.17) is 29.2 Å². The highest BCUT2D eigenvalue weighted by Gasteiger charge is 2.02. The van der Waals surface area contributed by atoms with Crippen molar-refractivity contribution in [3.05, 3.63) is 0 Å². The number of hydrogen-bond acceptors (Lipinski definition) is 8. The fourth-order valence-corrected chi connectivity index (χ4v) is 1.32. The van der Waals surface area contributed by atoms with Gasteiger partial charge in [0.15, 0.2) is 0 Å². The Labute approximate surface area is 119 Å². The van der Waals surface area contributed by atoms with Gasteiger partial charge in [-0.2, -0.15) is 8.42 Å². The Balaban J connectivity index is 3.03. The van der Waals surface area contributed by atoms with E-state index in [2.05, 4.69) is 4.18 Å². The van der Waals surface area contributed by atoms with E-state index in [1.165, 1.54) is 0 Å². The predicted octanol–water partition coefficient (Wildman–Crippen LogP) is -1.17. The zero-order chi connectivity index (χ0) is 15.1. The van der Waals surface area contributed by atoms with E-state index in [1.54, 1.807) is 0 Å².